The number of hydrogen-bond acceptors (Lipinski definition) is 2. The van der Waals surface area contributed by atoms with Crippen LogP contribution in [-0.2, 0) is 0 Å². The fraction of sp³-hybridized carbons (Fsp3) is 0.238. The lowest BCUT2D eigenvalue weighted by molar-refractivity contribution is 1.38. The highest BCUT2D eigenvalue weighted by atomic mass is 14.7. The first-order chi connectivity index (χ1) is 10.9. The normalized spacial score (nSPS) is 15.4. The van der Waals surface area contributed by atoms with E-state index in [1.165, 1.54) is 16.7 Å². The molecule has 0 N–H and O–H groups in total. The van der Waals surface area contributed by atoms with Gasteiger partial charge in [0.15, 0.2) is 0 Å². The number of benzene rings is 1. The van der Waals surface area contributed by atoms with Crippen molar-refractivity contribution in [3.05, 3.63) is 72.1 Å². The highest BCUT2D eigenvalue weighted by molar-refractivity contribution is 6.10. The first-order valence-electron chi connectivity index (χ1n) is 7.81. The van der Waals surface area contributed by atoms with Crippen LogP contribution >= 0.6 is 0 Å². The molecule has 0 aromatic heterocycles. The molecule has 3 rings (SSSR count). The molecule has 0 saturated carbocycles. The molecular formula is C21H26N2. The number of rotatable bonds is 2. The third-order valence-electron chi connectivity index (χ3n) is 3.27. The Labute approximate surface area is 140 Å². The molecule has 2 heterocycles. The van der Waals surface area contributed by atoms with Gasteiger partial charge in [0.25, 0.3) is 0 Å². The lowest BCUT2D eigenvalue weighted by Crippen LogP contribution is -1.88. The molecule has 23 heavy (non-hydrogen) atoms. The van der Waals surface area contributed by atoms with Crippen LogP contribution in [0.1, 0.15) is 45.2 Å². The first-order valence-corrected chi connectivity index (χ1v) is 7.81. The van der Waals surface area contributed by atoms with Gasteiger partial charge in [-0.05, 0) is 34.8 Å². The molecule has 0 amide bonds. The zero-order chi connectivity index (χ0) is 15.6. The Bertz CT molecular complexity index is 671. The minimum absolute atomic E-state index is 0. The van der Waals surface area contributed by atoms with Crippen molar-refractivity contribution in [2.24, 2.45) is 9.98 Å². The van der Waals surface area contributed by atoms with Gasteiger partial charge in [-0.1, -0.05) is 63.8 Å². The van der Waals surface area contributed by atoms with Crippen LogP contribution in [0.2, 0.25) is 0 Å². The Balaban J connectivity index is 0.000000849. The second-order valence-electron chi connectivity index (χ2n) is 4.69. The van der Waals surface area contributed by atoms with Crippen molar-refractivity contribution in [3.8, 4) is 0 Å². The van der Waals surface area contributed by atoms with Gasteiger partial charge in [-0.3, -0.25) is 9.98 Å². The molecule has 0 unspecified atom stereocenters. The number of allylic oxidation sites excluding steroid dienone is 6. The molecule has 0 radical (unpaired) electrons. The fourth-order valence-electron chi connectivity index (χ4n) is 2.23. The molecule has 2 heteroatoms. The van der Waals surface area contributed by atoms with Crippen molar-refractivity contribution >= 4 is 23.6 Å². The van der Waals surface area contributed by atoms with Crippen LogP contribution in [-0.4, -0.2) is 12.4 Å². The van der Waals surface area contributed by atoms with Gasteiger partial charge in [-0.25, -0.2) is 0 Å². The Morgan fingerprint density at radius 1 is 0.913 bits per heavy atom. The van der Waals surface area contributed by atoms with E-state index in [-0.39, 0.29) is 7.43 Å². The van der Waals surface area contributed by atoms with Crippen LogP contribution in [0.25, 0.3) is 11.1 Å². The van der Waals surface area contributed by atoms with E-state index < -0.39 is 0 Å². The van der Waals surface area contributed by atoms with Gasteiger partial charge in [0.2, 0.25) is 0 Å². The van der Waals surface area contributed by atoms with Crippen molar-refractivity contribution in [2.75, 3.05) is 0 Å². The lowest BCUT2D eigenvalue weighted by atomic mass is 9.99. The average molecular weight is 306 g/mol. The minimum atomic E-state index is 0. The number of nitrogens with zero attached hydrogens (tertiary/aromatic N) is 2. The van der Waals surface area contributed by atoms with Gasteiger partial charge in [0.1, 0.15) is 0 Å². The fourth-order valence-corrected chi connectivity index (χ4v) is 2.23. The molecule has 0 aliphatic carbocycles. The van der Waals surface area contributed by atoms with E-state index in [0.29, 0.717) is 0 Å². The Morgan fingerprint density at radius 2 is 1.70 bits per heavy atom. The molecule has 1 aromatic carbocycles. The van der Waals surface area contributed by atoms with Crippen LogP contribution in [0.3, 0.4) is 0 Å². The van der Waals surface area contributed by atoms with E-state index in [2.05, 4.69) is 58.6 Å². The molecular weight excluding hydrogens is 280 g/mol. The third kappa shape index (κ3) is 5.33. The summed E-state index contributed by atoms with van der Waals surface area (Å²) >= 11 is 0. The molecule has 120 valence electrons. The Kier molecular flexibility index (Phi) is 8.30. The molecule has 0 bridgehead atoms. The van der Waals surface area contributed by atoms with E-state index in [9.17, 15) is 0 Å². The van der Waals surface area contributed by atoms with Crippen molar-refractivity contribution in [1.82, 2.24) is 0 Å². The van der Waals surface area contributed by atoms with Crippen LogP contribution in [0.15, 0.2) is 71.0 Å². The van der Waals surface area contributed by atoms with E-state index in [1.54, 1.807) is 0 Å². The van der Waals surface area contributed by atoms with E-state index in [1.807, 2.05) is 38.7 Å². The quantitative estimate of drug-likeness (QED) is 0.631. The smallest absolute Gasteiger partial charge is 0.0343 e. The summed E-state index contributed by atoms with van der Waals surface area (Å²) in [5, 5.41) is 0. The summed E-state index contributed by atoms with van der Waals surface area (Å²) in [6.45, 7) is 4.00. The number of hydrogen-bond donors (Lipinski definition) is 0. The van der Waals surface area contributed by atoms with E-state index in [0.717, 1.165) is 18.4 Å². The molecule has 0 saturated heterocycles. The molecule has 1 aromatic rings. The summed E-state index contributed by atoms with van der Waals surface area (Å²) in [5.74, 6) is 0. The van der Waals surface area contributed by atoms with E-state index in [4.69, 9.17) is 0 Å². The molecule has 2 nitrogen and oxygen atoms in total. The Hall–Kier alpha value is -2.48. The van der Waals surface area contributed by atoms with E-state index >= 15 is 0 Å². The molecule has 2 aliphatic rings. The maximum atomic E-state index is 4.29. The largest absolute Gasteiger partial charge is 0.268 e. The summed E-state index contributed by atoms with van der Waals surface area (Å²) in [5.41, 5.74) is 4.69. The predicted octanol–water partition coefficient (Wildman–Crippen LogP) is 6.09. The van der Waals surface area contributed by atoms with Gasteiger partial charge in [0.05, 0.1) is 0 Å². The molecule has 2 aliphatic heterocycles. The predicted molar refractivity (Wildman–Crippen MR) is 105 cm³/mol. The molecule has 0 spiro atoms. The lowest BCUT2D eigenvalue weighted by Gasteiger charge is -2.06. The molecule has 0 fully saturated rings. The van der Waals surface area contributed by atoms with Crippen molar-refractivity contribution in [2.45, 2.75) is 34.1 Å². The second kappa shape index (κ2) is 10.3. The van der Waals surface area contributed by atoms with Crippen LogP contribution < -0.4 is 0 Å². The van der Waals surface area contributed by atoms with Gasteiger partial charge in [0, 0.05) is 31.2 Å². The van der Waals surface area contributed by atoms with Crippen molar-refractivity contribution in [3.63, 3.8) is 0 Å². The van der Waals surface area contributed by atoms with Gasteiger partial charge >= 0.3 is 0 Å². The highest BCUT2D eigenvalue weighted by Gasteiger charge is 2.04. The minimum Gasteiger partial charge on any atom is -0.268 e. The van der Waals surface area contributed by atoms with Gasteiger partial charge < -0.3 is 0 Å². The summed E-state index contributed by atoms with van der Waals surface area (Å²) in [6, 6.07) is 8.52. The third-order valence-corrected chi connectivity index (χ3v) is 3.27. The summed E-state index contributed by atoms with van der Waals surface area (Å²) in [7, 11) is 0. The highest BCUT2D eigenvalue weighted by Crippen LogP contribution is 2.23. The topological polar surface area (TPSA) is 24.7 Å². The van der Waals surface area contributed by atoms with Crippen LogP contribution in [0.4, 0.5) is 0 Å². The summed E-state index contributed by atoms with van der Waals surface area (Å²) < 4.78 is 0. The standard InChI is InChI=1S/C18H16N2.C2H6.CH4/c1-3-10-19-13-17(6-1)15-8-5-9-16(12-15)18-7-2-4-11-20-14-18;1-2;/h1,4-14H,2-3H2;1-2H3;1H4. The average Bonchev–Trinajstić information content (AvgIpc) is 3.02. The first kappa shape index (κ1) is 18.6. The SMILES string of the molecule is C.C1=CN=CC(c2cccc(C3=CN=CCC=C3)c2)=CC1.CC. The zero-order valence-electron chi connectivity index (χ0n) is 13.2. The number of aliphatic imine (C=N–C) groups is 2. The summed E-state index contributed by atoms with van der Waals surface area (Å²) in [4.78, 5) is 8.55. The van der Waals surface area contributed by atoms with Gasteiger partial charge in [-0.15, -0.1) is 0 Å². The van der Waals surface area contributed by atoms with Crippen molar-refractivity contribution < 1.29 is 0 Å². The monoisotopic (exact) mass is 306 g/mol. The van der Waals surface area contributed by atoms with Crippen LogP contribution in [0.5, 0.6) is 0 Å². The van der Waals surface area contributed by atoms with Gasteiger partial charge in [-0.2, -0.15) is 0 Å². The summed E-state index contributed by atoms with van der Waals surface area (Å²) in [6.07, 6.45) is 17.9. The molecule has 0 atom stereocenters. The van der Waals surface area contributed by atoms with Crippen molar-refractivity contribution in [1.29, 1.82) is 0 Å². The zero-order valence-corrected chi connectivity index (χ0v) is 13.2. The second-order valence-corrected chi connectivity index (χ2v) is 4.69. The maximum Gasteiger partial charge on any atom is 0.0343 e. The van der Waals surface area contributed by atoms with Crippen LogP contribution in [0, 0.1) is 0 Å². The Morgan fingerprint density at radius 3 is 2.52 bits per heavy atom. The maximum absolute atomic E-state index is 4.29.